The third kappa shape index (κ3) is 4.09. The minimum atomic E-state index is -0.633. The summed E-state index contributed by atoms with van der Waals surface area (Å²) in [5.74, 6) is 0.566. The van der Waals surface area contributed by atoms with Crippen molar-refractivity contribution in [3.05, 3.63) is 53.9 Å². The van der Waals surface area contributed by atoms with Crippen LogP contribution in [-0.2, 0) is 0 Å². The third-order valence-corrected chi connectivity index (χ3v) is 5.54. The van der Waals surface area contributed by atoms with Gasteiger partial charge in [0.2, 0.25) is 0 Å². The van der Waals surface area contributed by atoms with E-state index in [4.69, 9.17) is 0 Å². The summed E-state index contributed by atoms with van der Waals surface area (Å²) in [6, 6.07) is 14.0. The molecule has 28 heavy (non-hydrogen) atoms. The highest BCUT2D eigenvalue weighted by Gasteiger charge is 2.16. The largest absolute Gasteiger partial charge is 0.385 e. The van der Waals surface area contributed by atoms with Crippen LogP contribution in [0.4, 0.5) is 0 Å². The number of amides is 1. The second-order valence-electron chi connectivity index (χ2n) is 7.77. The number of hydrogen-bond acceptors (Lipinski definition) is 3. The van der Waals surface area contributed by atoms with Gasteiger partial charge in [0.05, 0.1) is 11.0 Å². The van der Waals surface area contributed by atoms with Gasteiger partial charge in [-0.1, -0.05) is 43.9 Å². The zero-order chi connectivity index (χ0) is 19.5. The topological polar surface area (TPSA) is 78.0 Å². The molecule has 0 unspecified atom stereocenters. The SMILES string of the molecule is C[C@H](O)c1nc2ccc(-c3cccc(C(=O)NC4CCCCCC4)c3)cc2[nH]1. The number of nitrogens with one attached hydrogen (secondary N) is 2. The monoisotopic (exact) mass is 377 g/mol. The van der Waals surface area contributed by atoms with Gasteiger partial charge in [-0.25, -0.2) is 4.98 Å². The molecule has 1 heterocycles. The molecule has 0 saturated heterocycles. The smallest absolute Gasteiger partial charge is 0.251 e. The molecular formula is C23H27N3O2. The number of carbonyl (C=O) groups excluding carboxylic acids is 1. The van der Waals surface area contributed by atoms with Crippen molar-refractivity contribution in [2.45, 2.75) is 57.6 Å². The zero-order valence-corrected chi connectivity index (χ0v) is 16.2. The Labute approximate surface area is 165 Å². The van der Waals surface area contributed by atoms with Crippen molar-refractivity contribution in [1.82, 2.24) is 15.3 Å². The van der Waals surface area contributed by atoms with Gasteiger partial charge in [-0.05, 0) is 55.2 Å². The first-order valence-corrected chi connectivity index (χ1v) is 10.2. The van der Waals surface area contributed by atoms with Crippen LogP contribution in [0.25, 0.3) is 22.2 Å². The molecule has 146 valence electrons. The third-order valence-electron chi connectivity index (χ3n) is 5.54. The van der Waals surface area contributed by atoms with Crippen molar-refractivity contribution in [3.8, 4) is 11.1 Å². The molecule has 0 radical (unpaired) electrons. The molecule has 2 aromatic carbocycles. The van der Waals surface area contributed by atoms with E-state index in [-0.39, 0.29) is 5.91 Å². The van der Waals surface area contributed by atoms with E-state index in [0.29, 0.717) is 17.4 Å². The lowest BCUT2D eigenvalue weighted by Gasteiger charge is -2.16. The second-order valence-corrected chi connectivity index (χ2v) is 7.77. The summed E-state index contributed by atoms with van der Waals surface area (Å²) in [5, 5.41) is 12.9. The molecule has 5 nitrogen and oxygen atoms in total. The van der Waals surface area contributed by atoms with Gasteiger partial charge in [-0.2, -0.15) is 0 Å². The number of aromatic amines is 1. The molecule has 1 fully saturated rings. The Morgan fingerprint density at radius 1 is 1.11 bits per heavy atom. The van der Waals surface area contributed by atoms with Crippen molar-refractivity contribution >= 4 is 16.9 Å². The van der Waals surface area contributed by atoms with E-state index in [1.54, 1.807) is 6.92 Å². The first-order chi connectivity index (χ1) is 13.6. The number of aromatic nitrogens is 2. The highest BCUT2D eigenvalue weighted by molar-refractivity contribution is 5.96. The molecule has 0 aliphatic heterocycles. The fourth-order valence-corrected chi connectivity index (χ4v) is 3.94. The van der Waals surface area contributed by atoms with Crippen LogP contribution in [0.15, 0.2) is 42.5 Å². The van der Waals surface area contributed by atoms with Crippen LogP contribution >= 0.6 is 0 Å². The molecule has 1 amide bonds. The second kappa shape index (κ2) is 8.15. The summed E-state index contributed by atoms with van der Waals surface area (Å²) in [6.45, 7) is 1.69. The van der Waals surface area contributed by atoms with Crippen LogP contribution in [0.2, 0.25) is 0 Å². The van der Waals surface area contributed by atoms with Crippen LogP contribution in [0.5, 0.6) is 0 Å². The Morgan fingerprint density at radius 2 is 1.86 bits per heavy atom. The summed E-state index contributed by atoms with van der Waals surface area (Å²) in [6.07, 6.45) is 6.46. The fourth-order valence-electron chi connectivity index (χ4n) is 3.94. The van der Waals surface area contributed by atoms with E-state index in [0.717, 1.165) is 35.0 Å². The van der Waals surface area contributed by atoms with E-state index in [9.17, 15) is 9.90 Å². The summed E-state index contributed by atoms with van der Waals surface area (Å²) in [5.41, 5.74) is 4.39. The van der Waals surface area contributed by atoms with Crippen molar-refractivity contribution in [2.24, 2.45) is 0 Å². The number of carbonyl (C=O) groups is 1. The fraction of sp³-hybridized carbons (Fsp3) is 0.391. The highest BCUT2D eigenvalue weighted by Crippen LogP contribution is 2.25. The molecule has 1 aromatic heterocycles. The number of rotatable bonds is 4. The lowest BCUT2D eigenvalue weighted by atomic mass is 10.0. The zero-order valence-electron chi connectivity index (χ0n) is 16.2. The summed E-state index contributed by atoms with van der Waals surface area (Å²) in [7, 11) is 0. The average molecular weight is 377 g/mol. The summed E-state index contributed by atoms with van der Waals surface area (Å²) >= 11 is 0. The summed E-state index contributed by atoms with van der Waals surface area (Å²) < 4.78 is 0. The molecule has 1 atom stereocenters. The van der Waals surface area contributed by atoms with Crippen molar-refractivity contribution in [2.75, 3.05) is 0 Å². The normalized spacial score (nSPS) is 16.6. The van der Waals surface area contributed by atoms with E-state index >= 15 is 0 Å². The van der Waals surface area contributed by atoms with Crippen LogP contribution < -0.4 is 5.32 Å². The Hall–Kier alpha value is -2.66. The van der Waals surface area contributed by atoms with Crippen LogP contribution in [-0.4, -0.2) is 27.0 Å². The Kier molecular flexibility index (Phi) is 5.44. The minimum absolute atomic E-state index is 0.00719. The van der Waals surface area contributed by atoms with Gasteiger partial charge in [0.25, 0.3) is 5.91 Å². The Bertz CT molecular complexity index is 969. The van der Waals surface area contributed by atoms with Gasteiger partial charge in [-0.3, -0.25) is 4.79 Å². The molecule has 3 N–H and O–H groups in total. The standard InChI is InChI=1S/C23H27N3O2/c1-15(27)22-25-20-12-11-17(14-21(20)26-22)16-7-6-8-18(13-16)23(28)24-19-9-4-2-3-5-10-19/h6-8,11-15,19,27H,2-5,9-10H2,1H3,(H,24,28)(H,25,26)/t15-/m0/s1. The number of nitrogens with zero attached hydrogens (tertiary/aromatic N) is 1. The number of aliphatic hydroxyl groups is 1. The van der Waals surface area contributed by atoms with Crippen LogP contribution in [0.1, 0.15) is 67.7 Å². The highest BCUT2D eigenvalue weighted by atomic mass is 16.3. The van der Waals surface area contributed by atoms with Gasteiger partial charge in [0, 0.05) is 11.6 Å². The number of benzene rings is 2. The predicted molar refractivity (Wildman–Crippen MR) is 111 cm³/mol. The Balaban J connectivity index is 1.56. The van der Waals surface area contributed by atoms with Crippen LogP contribution in [0.3, 0.4) is 0 Å². The molecule has 1 aliphatic carbocycles. The van der Waals surface area contributed by atoms with E-state index in [1.165, 1.54) is 25.7 Å². The quantitative estimate of drug-likeness (QED) is 0.575. The van der Waals surface area contributed by atoms with E-state index in [1.807, 2.05) is 42.5 Å². The molecule has 4 rings (SSSR count). The molecular weight excluding hydrogens is 350 g/mol. The number of imidazole rings is 1. The number of H-pyrrole nitrogens is 1. The van der Waals surface area contributed by atoms with Gasteiger partial charge in [0.15, 0.2) is 0 Å². The molecule has 1 saturated carbocycles. The van der Waals surface area contributed by atoms with E-state index in [2.05, 4.69) is 15.3 Å². The first kappa shape index (κ1) is 18.7. The van der Waals surface area contributed by atoms with Crippen molar-refractivity contribution in [3.63, 3.8) is 0 Å². The maximum absolute atomic E-state index is 12.7. The molecule has 0 spiro atoms. The minimum Gasteiger partial charge on any atom is -0.385 e. The maximum atomic E-state index is 12.7. The summed E-state index contributed by atoms with van der Waals surface area (Å²) in [4.78, 5) is 20.3. The molecule has 5 heteroatoms. The van der Waals surface area contributed by atoms with Gasteiger partial charge < -0.3 is 15.4 Å². The van der Waals surface area contributed by atoms with Crippen molar-refractivity contribution < 1.29 is 9.90 Å². The number of hydrogen-bond donors (Lipinski definition) is 3. The van der Waals surface area contributed by atoms with Gasteiger partial charge in [-0.15, -0.1) is 0 Å². The van der Waals surface area contributed by atoms with Gasteiger partial charge in [0.1, 0.15) is 11.9 Å². The lowest BCUT2D eigenvalue weighted by molar-refractivity contribution is 0.0933. The average Bonchev–Trinajstić information content (AvgIpc) is 2.98. The lowest BCUT2D eigenvalue weighted by Crippen LogP contribution is -2.34. The molecule has 3 aromatic rings. The number of fused-ring (bicyclic) bond motifs is 1. The van der Waals surface area contributed by atoms with Crippen molar-refractivity contribution in [1.29, 1.82) is 0 Å². The predicted octanol–water partition coefficient (Wildman–Crippen LogP) is 4.74. The van der Waals surface area contributed by atoms with Crippen LogP contribution in [0, 0.1) is 0 Å². The molecule has 1 aliphatic rings. The van der Waals surface area contributed by atoms with Gasteiger partial charge >= 0.3 is 0 Å². The molecule has 0 bridgehead atoms. The maximum Gasteiger partial charge on any atom is 0.251 e. The van der Waals surface area contributed by atoms with E-state index < -0.39 is 6.10 Å². The Morgan fingerprint density at radius 3 is 2.61 bits per heavy atom. The first-order valence-electron chi connectivity index (χ1n) is 10.2. The number of aliphatic hydroxyl groups excluding tert-OH is 1.